The molecule has 1 aromatic carbocycles. The average molecular weight is 160 g/mol. The van der Waals surface area contributed by atoms with Crippen LogP contribution in [0.25, 0.3) is 11.6 Å². The lowest BCUT2D eigenvalue weighted by molar-refractivity contribution is 0.350. The van der Waals surface area contributed by atoms with E-state index in [9.17, 15) is 0 Å². The molecule has 0 saturated heterocycles. The van der Waals surface area contributed by atoms with Crippen LogP contribution in [0.1, 0.15) is 11.1 Å². The summed E-state index contributed by atoms with van der Waals surface area (Å²) in [4.78, 5) is 0. The molecule has 1 N–H and O–H groups in total. The number of hydrogen-bond donors (Lipinski definition) is 1. The van der Waals surface area contributed by atoms with Crippen LogP contribution in [0.2, 0.25) is 0 Å². The van der Waals surface area contributed by atoms with Crippen LogP contribution in [0.4, 0.5) is 0 Å². The van der Waals surface area contributed by atoms with Crippen molar-refractivity contribution in [1.82, 2.24) is 0 Å². The van der Waals surface area contributed by atoms with Gasteiger partial charge in [0.25, 0.3) is 0 Å². The van der Waals surface area contributed by atoms with Gasteiger partial charge in [0.1, 0.15) is 0 Å². The molecule has 0 bridgehead atoms. The van der Waals surface area contributed by atoms with E-state index in [-0.39, 0.29) is 6.61 Å². The number of aliphatic hydroxyl groups excluding tert-OH is 1. The van der Waals surface area contributed by atoms with E-state index in [4.69, 9.17) is 5.11 Å². The van der Waals surface area contributed by atoms with Gasteiger partial charge in [-0.3, -0.25) is 0 Å². The largest absolute Gasteiger partial charge is 0.392 e. The van der Waals surface area contributed by atoms with Crippen LogP contribution in [-0.2, 0) is 0 Å². The number of rotatable bonds is 3. The molecule has 12 heavy (non-hydrogen) atoms. The molecule has 1 aromatic rings. The van der Waals surface area contributed by atoms with Crippen LogP contribution in [0.15, 0.2) is 37.4 Å². The molecular formula is C11H12O. The highest BCUT2D eigenvalue weighted by Crippen LogP contribution is 2.12. The van der Waals surface area contributed by atoms with Crippen molar-refractivity contribution in [3.05, 3.63) is 48.6 Å². The van der Waals surface area contributed by atoms with Gasteiger partial charge in [-0.1, -0.05) is 43.5 Å². The Morgan fingerprint density at radius 3 is 2.33 bits per heavy atom. The monoisotopic (exact) mass is 160 g/mol. The van der Waals surface area contributed by atoms with Crippen LogP contribution < -0.4 is 0 Å². The standard InChI is InChI=1S/C11H12O/c1-3-10-4-6-11(7-5-10)9(2)8-12/h3-7,12H,1-2,8H2. The van der Waals surface area contributed by atoms with Crippen molar-refractivity contribution in [2.75, 3.05) is 6.61 Å². The Kier molecular flexibility index (Phi) is 2.83. The summed E-state index contributed by atoms with van der Waals surface area (Å²) >= 11 is 0. The zero-order valence-electron chi connectivity index (χ0n) is 6.96. The van der Waals surface area contributed by atoms with Crippen molar-refractivity contribution >= 4 is 11.6 Å². The van der Waals surface area contributed by atoms with E-state index in [0.717, 1.165) is 16.7 Å². The molecule has 0 aliphatic heterocycles. The first-order valence-corrected chi connectivity index (χ1v) is 3.79. The molecule has 0 amide bonds. The Morgan fingerprint density at radius 2 is 1.92 bits per heavy atom. The van der Waals surface area contributed by atoms with Crippen molar-refractivity contribution < 1.29 is 5.11 Å². The molecule has 0 heterocycles. The molecule has 1 rings (SSSR count). The molecule has 0 aromatic heterocycles. The fraction of sp³-hybridized carbons (Fsp3) is 0.0909. The van der Waals surface area contributed by atoms with Gasteiger partial charge in [-0.25, -0.2) is 0 Å². The maximum atomic E-state index is 8.80. The molecule has 0 saturated carbocycles. The molecule has 0 aliphatic rings. The average Bonchev–Trinajstić information content (AvgIpc) is 2.17. The first-order chi connectivity index (χ1) is 5.77. The lowest BCUT2D eigenvalue weighted by Gasteiger charge is -2.01. The Morgan fingerprint density at radius 1 is 1.33 bits per heavy atom. The quantitative estimate of drug-likeness (QED) is 0.719. The highest BCUT2D eigenvalue weighted by atomic mass is 16.3. The van der Waals surface area contributed by atoms with Crippen LogP contribution >= 0.6 is 0 Å². The van der Waals surface area contributed by atoms with E-state index in [2.05, 4.69) is 13.2 Å². The van der Waals surface area contributed by atoms with Gasteiger partial charge in [0.15, 0.2) is 0 Å². The summed E-state index contributed by atoms with van der Waals surface area (Å²) in [6.45, 7) is 7.38. The molecule has 62 valence electrons. The van der Waals surface area contributed by atoms with Crippen LogP contribution in [0.3, 0.4) is 0 Å². The molecule has 0 atom stereocenters. The summed E-state index contributed by atoms with van der Waals surface area (Å²) in [5.41, 5.74) is 2.79. The molecule has 0 fully saturated rings. The summed E-state index contributed by atoms with van der Waals surface area (Å²) in [5, 5.41) is 8.80. The van der Waals surface area contributed by atoms with Gasteiger partial charge in [0.05, 0.1) is 6.61 Å². The zero-order chi connectivity index (χ0) is 8.97. The Bertz CT molecular complexity index is 282. The molecule has 0 spiro atoms. The van der Waals surface area contributed by atoms with E-state index in [1.165, 1.54) is 0 Å². The van der Waals surface area contributed by atoms with Crippen molar-refractivity contribution in [2.24, 2.45) is 0 Å². The lowest BCUT2D eigenvalue weighted by atomic mass is 10.1. The second-order valence-corrected chi connectivity index (χ2v) is 2.59. The Hall–Kier alpha value is -1.34. The third-order valence-corrected chi connectivity index (χ3v) is 1.75. The lowest BCUT2D eigenvalue weighted by Crippen LogP contribution is -1.87. The van der Waals surface area contributed by atoms with Crippen molar-refractivity contribution in [1.29, 1.82) is 0 Å². The molecule has 1 heteroatoms. The minimum Gasteiger partial charge on any atom is -0.392 e. The van der Waals surface area contributed by atoms with E-state index >= 15 is 0 Å². The Labute approximate surface area is 72.7 Å². The number of aliphatic hydroxyl groups is 1. The van der Waals surface area contributed by atoms with Gasteiger partial charge >= 0.3 is 0 Å². The number of hydrogen-bond acceptors (Lipinski definition) is 1. The molecule has 0 radical (unpaired) electrons. The summed E-state index contributed by atoms with van der Waals surface area (Å²) in [5.74, 6) is 0. The van der Waals surface area contributed by atoms with Crippen molar-refractivity contribution in [3.63, 3.8) is 0 Å². The smallest absolute Gasteiger partial charge is 0.0681 e. The van der Waals surface area contributed by atoms with E-state index in [0.29, 0.717) is 0 Å². The zero-order valence-corrected chi connectivity index (χ0v) is 6.96. The second-order valence-electron chi connectivity index (χ2n) is 2.59. The van der Waals surface area contributed by atoms with E-state index in [1.54, 1.807) is 6.08 Å². The maximum Gasteiger partial charge on any atom is 0.0681 e. The van der Waals surface area contributed by atoms with Crippen LogP contribution in [0, 0.1) is 0 Å². The SMILES string of the molecule is C=Cc1ccc(C(=C)CO)cc1. The Balaban J connectivity index is 2.91. The topological polar surface area (TPSA) is 20.2 Å². The summed E-state index contributed by atoms with van der Waals surface area (Å²) in [6, 6.07) is 7.75. The predicted molar refractivity (Wildman–Crippen MR) is 52.7 cm³/mol. The van der Waals surface area contributed by atoms with E-state index in [1.807, 2.05) is 24.3 Å². The minimum absolute atomic E-state index is 0.00738. The molecular weight excluding hydrogens is 148 g/mol. The summed E-state index contributed by atoms with van der Waals surface area (Å²) < 4.78 is 0. The van der Waals surface area contributed by atoms with Gasteiger partial charge in [-0.2, -0.15) is 0 Å². The third-order valence-electron chi connectivity index (χ3n) is 1.75. The van der Waals surface area contributed by atoms with E-state index < -0.39 is 0 Å². The second kappa shape index (κ2) is 3.88. The van der Waals surface area contributed by atoms with Crippen LogP contribution in [-0.4, -0.2) is 11.7 Å². The molecule has 0 unspecified atom stereocenters. The first-order valence-electron chi connectivity index (χ1n) is 3.79. The van der Waals surface area contributed by atoms with Gasteiger partial charge in [0, 0.05) is 0 Å². The maximum absolute atomic E-state index is 8.80. The third kappa shape index (κ3) is 1.83. The fourth-order valence-corrected chi connectivity index (χ4v) is 0.946. The van der Waals surface area contributed by atoms with Gasteiger partial charge < -0.3 is 5.11 Å². The summed E-state index contributed by atoms with van der Waals surface area (Å²) in [6.07, 6.45) is 1.78. The van der Waals surface area contributed by atoms with Crippen molar-refractivity contribution in [2.45, 2.75) is 0 Å². The number of benzene rings is 1. The highest BCUT2D eigenvalue weighted by molar-refractivity contribution is 5.65. The summed E-state index contributed by atoms with van der Waals surface area (Å²) in [7, 11) is 0. The first kappa shape index (κ1) is 8.75. The van der Waals surface area contributed by atoms with Gasteiger partial charge in [-0.15, -0.1) is 0 Å². The predicted octanol–water partition coefficient (Wildman–Crippen LogP) is 2.34. The minimum atomic E-state index is 0.00738. The molecule has 1 nitrogen and oxygen atoms in total. The highest BCUT2D eigenvalue weighted by Gasteiger charge is 1.95. The van der Waals surface area contributed by atoms with Crippen molar-refractivity contribution in [3.8, 4) is 0 Å². The van der Waals surface area contributed by atoms with Crippen LogP contribution in [0.5, 0.6) is 0 Å². The fourth-order valence-electron chi connectivity index (χ4n) is 0.946. The normalized spacial score (nSPS) is 9.42. The van der Waals surface area contributed by atoms with Gasteiger partial charge in [0.2, 0.25) is 0 Å². The van der Waals surface area contributed by atoms with Gasteiger partial charge in [-0.05, 0) is 16.7 Å². The molecule has 0 aliphatic carbocycles.